The molecule has 1 atom stereocenters. The van der Waals surface area contributed by atoms with Crippen molar-refractivity contribution in [3.05, 3.63) is 24.0 Å². The summed E-state index contributed by atoms with van der Waals surface area (Å²) >= 11 is 0. The minimum atomic E-state index is 0.215. The van der Waals surface area contributed by atoms with Crippen LogP contribution in [0.1, 0.15) is 32.9 Å². The summed E-state index contributed by atoms with van der Waals surface area (Å²) in [5, 5.41) is 3.38. The largest absolute Gasteiger partial charge is 0.488 e. The molecule has 0 radical (unpaired) electrons. The molecule has 1 aromatic rings. The van der Waals surface area contributed by atoms with Gasteiger partial charge in [0.2, 0.25) is 0 Å². The first-order valence-corrected chi connectivity index (χ1v) is 5.94. The second-order valence-electron chi connectivity index (χ2n) is 4.35. The molecule has 0 aromatic carbocycles. The minimum Gasteiger partial charge on any atom is -0.488 e. The molecular weight excluding hydrogens is 200 g/mol. The van der Waals surface area contributed by atoms with E-state index in [1.54, 1.807) is 6.20 Å². The molecule has 3 heteroatoms. The third-order valence-corrected chi connectivity index (χ3v) is 2.40. The Kier molecular flexibility index (Phi) is 5.26. The van der Waals surface area contributed by atoms with Crippen LogP contribution < -0.4 is 10.1 Å². The van der Waals surface area contributed by atoms with E-state index >= 15 is 0 Å². The zero-order valence-corrected chi connectivity index (χ0v) is 10.7. The third-order valence-electron chi connectivity index (χ3n) is 2.40. The highest BCUT2D eigenvalue weighted by Crippen LogP contribution is 2.12. The third kappa shape index (κ3) is 4.62. The lowest BCUT2D eigenvalue weighted by molar-refractivity contribution is 0.189. The maximum Gasteiger partial charge on any atom is 0.138 e. The van der Waals surface area contributed by atoms with Gasteiger partial charge in [-0.2, -0.15) is 0 Å². The van der Waals surface area contributed by atoms with Gasteiger partial charge in [0.1, 0.15) is 11.9 Å². The number of nitrogens with zero attached hydrogens (tertiary/aromatic N) is 1. The van der Waals surface area contributed by atoms with Gasteiger partial charge >= 0.3 is 0 Å². The van der Waals surface area contributed by atoms with Crippen LogP contribution in [0.4, 0.5) is 0 Å². The van der Waals surface area contributed by atoms with Crippen molar-refractivity contribution >= 4 is 0 Å². The number of aryl methyl sites for hydroxylation is 1. The predicted octanol–water partition coefficient (Wildman–Crippen LogP) is 2.55. The van der Waals surface area contributed by atoms with Crippen LogP contribution in [0.3, 0.4) is 0 Å². The fourth-order valence-electron chi connectivity index (χ4n) is 1.35. The molecule has 0 spiro atoms. The van der Waals surface area contributed by atoms with E-state index in [1.165, 1.54) is 0 Å². The van der Waals surface area contributed by atoms with Crippen LogP contribution in [0.15, 0.2) is 18.3 Å². The topological polar surface area (TPSA) is 34.1 Å². The van der Waals surface area contributed by atoms with Gasteiger partial charge in [0.05, 0.1) is 6.20 Å². The summed E-state index contributed by atoms with van der Waals surface area (Å²) in [6, 6.07) is 4.44. The number of rotatable bonds is 6. The smallest absolute Gasteiger partial charge is 0.138 e. The summed E-state index contributed by atoms with van der Waals surface area (Å²) < 4.78 is 5.84. The van der Waals surface area contributed by atoms with Gasteiger partial charge in [0.25, 0.3) is 0 Å². The molecule has 1 N–H and O–H groups in total. The highest BCUT2D eigenvalue weighted by molar-refractivity contribution is 5.19. The van der Waals surface area contributed by atoms with E-state index < -0.39 is 0 Å². The zero-order chi connectivity index (χ0) is 12.0. The number of hydrogen-bond donors (Lipinski definition) is 1. The van der Waals surface area contributed by atoms with Crippen molar-refractivity contribution in [1.29, 1.82) is 0 Å². The van der Waals surface area contributed by atoms with Crippen molar-refractivity contribution in [2.75, 3.05) is 6.54 Å². The predicted molar refractivity (Wildman–Crippen MR) is 66.8 cm³/mol. The normalized spacial score (nSPS) is 12.8. The molecule has 0 fully saturated rings. The lowest BCUT2D eigenvalue weighted by Crippen LogP contribution is -2.34. The van der Waals surface area contributed by atoms with Crippen LogP contribution in [0.2, 0.25) is 0 Å². The van der Waals surface area contributed by atoms with Crippen LogP contribution in [-0.2, 0) is 0 Å². The minimum absolute atomic E-state index is 0.215. The van der Waals surface area contributed by atoms with Gasteiger partial charge in [-0.1, -0.05) is 20.8 Å². The molecular formula is C13H22N2O. The first-order valence-electron chi connectivity index (χ1n) is 5.94. The molecule has 1 heterocycles. The summed E-state index contributed by atoms with van der Waals surface area (Å²) in [4.78, 5) is 4.22. The van der Waals surface area contributed by atoms with Crippen molar-refractivity contribution in [3.63, 3.8) is 0 Å². The van der Waals surface area contributed by atoms with Gasteiger partial charge in [-0.3, -0.25) is 4.98 Å². The molecule has 1 unspecified atom stereocenters. The average Bonchev–Trinajstić information content (AvgIpc) is 2.26. The number of hydrogen-bond acceptors (Lipinski definition) is 3. The monoisotopic (exact) mass is 222 g/mol. The fourth-order valence-corrected chi connectivity index (χ4v) is 1.35. The Balaban J connectivity index is 2.46. The highest BCUT2D eigenvalue weighted by atomic mass is 16.5. The summed E-state index contributed by atoms with van der Waals surface area (Å²) in [7, 11) is 0. The zero-order valence-electron chi connectivity index (χ0n) is 10.7. The van der Waals surface area contributed by atoms with Crippen molar-refractivity contribution in [3.8, 4) is 5.75 Å². The average molecular weight is 222 g/mol. The first-order chi connectivity index (χ1) is 7.61. The molecule has 0 aliphatic rings. The quantitative estimate of drug-likeness (QED) is 0.803. The molecule has 0 amide bonds. The molecule has 0 aliphatic heterocycles. The van der Waals surface area contributed by atoms with Crippen molar-refractivity contribution in [2.24, 2.45) is 0 Å². The Morgan fingerprint density at radius 3 is 2.62 bits per heavy atom. The summed E-state index contributed by atoms with van der Waals surface area (Å²) in [6.07, 6.45) is 2.99. The molecule has 0 aliphatic carbocycles. The van der Waals surface area contributed by atoms with E-state index in [0.29, 0.717) is 6.04 Å². The van der Waals surface area contributed by atoms with Crippen LogP contribution in [-0.4, -0.2) is 23.7 Å². The van der Waals surface area contributed by atoms with Crippen molar-refractivity contribution < 1.29 is 4.74 Å². The molecule has 0 bridgehead atoms. The molecule has 3 nitrogen and oxygen atoms in total. The lowest BCUT2D eigenvalue weighted by atomic mass is 10.2. The Hall–Kier alpha value is -1.09. The SMILES string of the molecule is CCC(CNC(C)C)Oc1ccc(C)nc1. The van der Waals surface area contributed by atoms with Crippen molar-refractivity contribution in [2.45, 2.75) is 46.3 Å². The van der Waals surface area contributed by atoms with E-state index in [1.807, 2.05) is 19.1 Å². The van der Waals surface area contributed by atoms with Gasteiger partial charge in [-0.25, -0.2) is 0 Å². The second-order valence-corrected chi connectivity index (χ2v) is 4.35. The summed E-state index contributed by atoms with van der Waals surface area (Å²) in [5.41, 5.74) is 1.01. The standard InChI is InChI=1S/C13H22N2O/c1-5-12(8-14-10(2)3)16-13-7-6-11(4)15-9-13/h6-7,9-10,12,14H,5,8H2,1-4H3. The maximum absolute atomic E-state index is 5.84. The molecule has 90 valence electrons. The number of pyridine rings is 1. The van der Waals surface area contributed by atoms with Gasteiger partial charge < -0.3 is 10.1 Å². The molecule has 1 aromatic heterocycles. The van der Waals surface area contributed by atoms with Gasteiger partial charge in [-0.05, 0) is 25.5 Å². The molecule has 0 saturated carbocycles. The first kappa shape index (κ1) is 13.0. The van der Waals surface area contributed by atoms with E-state index in [-0.39, 0.29) is 6.10 Å². The Labute approximate surface area is 98.2 Å². The number of ether oxygens (including phenoxy) is 1. The number of nitrogens with one attached hydrogen (secondary N) is 1. The van der Waals surface area contributed by atoms with Gasteiger partial charge in [0.15, 0.2) is 0 Å². The molecule has 0 saturated heterocycles. The Morgan fingerprint density at radius 2 is 2.12 bits per heavy atom. The molecule has 16 heavy (non-hydrogen) atoms. The van der Waals surface area contributed by atoms with Crippen LogP contribution in [0.25, 0.3) is 0 Å². The fraction of sp³-hybridized carbons (Fsp3) is 0.615. The summed E-state index contributed by atoms with van der Waals surface area (Å²) in [5.74, 6) is 0.850. The maximum atomic E-state index is 5.84. The van der Waals surface area contributed by atoms with Crippen LogP contribution in [0, 0.1) is 6.92 Å². The molecule has 1 rings (SSSR count). The number of aromatic nitrogens is 1. The lowest BCUT2D eigenvalue weighted by Gasteiger charge is -2.19. The summed E-state index contributed by atoms with van der Waals surface area (Å²) in [6.45, 7) is 9.26. The van der Waals surface area contributed by atoms with Gasteiger partial charge in [0, 0.05) is 18.3 Å². The highest BCUT2D eigenvalue weighted by Gasteiger charge is 2.08. The Bertz CT molecular complexity index is 295. The van der Waals surface area contributed by atoms with Crippen LogP contribution in [0.5, 0.6) is 5.75 Å². The second kappa shape index (κ2) is 6.48. The van der Waals surface area contributed by atoms with E-state index in [0.717, 1.165) is 24.4 Å². The van der Waals surface area contributed by atoms with Crippen molar-refractivity contribution in [1.82, 2.24) is 10.3 Å². The van der Waals surface area contributed by atoms with E-state index in [4.69, 9.17) is 4.74 Å². The van der Waals surface area contributed by atoms with E-state index in [2.05, 4.69) is 31.1 Å². The van der Waals surface area contributed by atoms with Crippen LogP contribution >= 0.6 is 0 Å². The van der Waals surface area contributed by atoms with Gasteiger partial charge in [-0.15, -0.1) is 0 Å². The van der Waals surface area contributed by atoms with E-state index in [9.17, 15) is 0 Å². The Morgan fingerprint density at radius 1 is 1.38 bits per heavy atom.